The van der Waals surface area contributed by atoms with Crippen LogP contribution in [0.15, 0.2) is 48.7 Å². The van der Waals surface area contributed by atoms with Gasteiger partial charge in [-0.05, 0) is 35.4 Å². The lowest BCUT2D eigenvalue weighted by atomic mass is 10.1. The van der Waals surface area contributed by atoms with Crippen LogP contribution in [0.4, 0.5) is 5.69 Å². The molecule has 6 heteroatoms. The summed E-state index contributed by atoms with van der Waals surface area (Å²) < 4.78 is 2.07. The molecular formula is C22H26N4O2. The lowest BCUT2D eigenvalue weighted by Gasteiger charge is -2.18. The summed E-state index contributed by atoms with van der Waals surface area (Å²) in [5.74, 6) is -0.139. The van der Waals surface area contributed by atoms with Gasteiger partial charge in [0.15, 0.2) is 0 Å². The van der Waals surface area contributed by atoms with E-state index in [1.165, 1.54) is 0 Å². The van der Waals surface area contributed by atoms with E-state index in [4.69, 9.17) is 5.73 Å². The van der Waals surface area contributed by atoms with Crippen molar-refractivity contribution in [3.8, 4) is 0 Å². The SMILES string of the molecule is CCC(=O)NCc1cc(C(=O)N(C)Cc2cn(C)c3ccccc23)ccc1N. The molecule has 0 aliphatic rings. The number of rotatable bonds is 6. The Labute approximate surface area is 164 Å². The zero-order chi connectivity index (χ0) is 20.3. The van der Waals surface area contributed by atoms with Gasteiger partial charge in [0.25, 0.3) is 5.91 Å². The summed E-state index contributed by atoms with van der Waals surface area (Å²) in [5, 5.41) is 3.94. The molecule has 0 spiro atoms. The quantitative estimate of drug-likeness (QED) is 0.647. The van der Waals surface area contributed by atoms with Gasteiger partial charge in [0, 0.05) is 62.0 Å². The Bertz CT molecular complexity index is 1020. The lowest BCUT2D eigenvalue weighted by molar-refractivity contribution is -0.120. The Morgan fingerprint density at radius 1 is 1.14 bits per heavy atom. The van der Waals surface area contributed by atoms with Crippen LogP contribution in [0.25, 0.3) is 10.9 Å². The number of nitrogens with two attached hydrogens (primary N) is 1. The van der Waals surface area contributed by atoms with Crippen molar-refractivity contribution in [1.29, 1.82) is 0 Å². The summed E-state index contributed by atoms with van der Waals surface area (Å²) in [6.45, 7) is 2.61. The first kappa shape index (κ1) is 19.5. The number of hydrogen-bond acceptors (Lipinski definition) is 3. The molecule has 0 unspecified atom stereocenters. The Balaban J connectivity index is 1.78. The molecule has 1 heterocycles. The average molecular weight is 378 g/mol. The smallest absolute Gasteiger partial charge is 0.253 e. The Kier molecular flexibility index (Phi) is 5.68. The van der Waals surface area contributed by atoms with Gasteiger partial charge >= 0.3 is 0 Å². The van der Waals surface area contributed by atoms with Gasteiger partial charge in [0.1, 0.15) is 0 Å². The maximum absolute atomic E-state index is 12.9. The van der Waals surface area contributed by atoms with E-state index >= 15 is 0 Å². The van der Waals surface area contributed by atoms with Crippen LogP contribution in [0, 0.1) is 0 Å². The number of aryl methyl sites for hydroxylation is 1. The molecule has 2 amide bonds. The van der Waals surface area contributed by atoms with Gasteiger partial charge in [-0.3, -0.25) is 9.59 Å². The number of benzene rings is 2. The van der Waals surface area contributed by atoms with Crippen molar-refractivity contribution >= 4 is 28.4 Å². The van der Waals surface area contributed by atoms with Gasteiger partial charge in [-0.2, -0.15) is 0 Å². The Morgan fingerprint density at radius 2 is 1.89 bits per heavy atom. The van der Waals surface area contributed by atoms with Crippen LogP contribution in [0.3, 0.4) is 0 Å². The van der Waals surface area contributed by atoms with E-state index < -0.39 is 0 Å². The fraction of sp³-hybridized carbons (Fsp3) is 0.273. The maximum atomic E-state index is 12.9. The lowest BCUT2D eigenvalue weighted by Crippen LogP contribution is -2.27. The first-order valence-corrected chi connectivity index (χ1v) is 9.34. The molecule has 2 aromatic carbocycles. The normalized spacial score (nSPS) is 10.8. The number of aromatic nitrogens is 1. The summed E-state index contributed by atoms with van der Waals surface area (Å²) in [7, 11) is 3.80. The Hall–Kier alpha value is -3.28. The molecule has 6 nitrogen and oxygen atoms in total. The van der Waals surface area contributed by atoms with Crippen molar-refractivity contribution in [1.82, 2.24) is 14.8 Å². The predicted octanol–water partition coefficient (Wildman–Crippen LogP) is 3.06. The second-order valence-corrected chi connectivity index (χ2v) is 6.99. The molecule has 0 bridgehead atoms. The molecule has 3 rings (SSSR count). The summed E-state index contributed by atoms with van der Waals surface area (Å²) in [6, 6.07) is 13.3. The number of nitrogen functional groups attached to an aromatic ring is 1. The minimum atomic E-state index is -0.0870. The van der Waals surface area contributed by atoms with Crippen molar-refractivity contribution < 1.29 is 9.59 Å². The molecule has 0 radical (unpaired) electrons. The largest absolute Gasteiger partial charge is 0.398 e. The van der Waals surface area contributed by atoms with E-state index in [1.54, 1.807) is 37.1 Å². The van der Waals surface area contributed by atoms with Crippen LogP contribution in [-0.2, 0) is 24.9 Å². The molecule has 0 aliphatic carbocycles. The van der Waals surface area contributed by atoms with Gasteiger partial charge < -0.3 is 20.5 Å². The highest BCUT2D eigenvalue weighted by atomic mass is 16.2. The highest BCUT2D eigenvalue weighted by Crippen LogP contribution is 2.22. The Morgan fingerprint density at radius 3 is 2.64 bits per heavy atom. The second kappa shape index (κ2) is 8.17. The van der Waals surface area contributed by atoms with E-state index in [0.717, 1.165) is 22.0 Å². The first-order chi connectivity index (χ1) is 13.4. The zero-order valence-corrected chi connectivity index (χ0v) is 16.5. The highest BCUT2D eigenvalue weighted by molar-refractivity contribution is 5.95. The number of carbonyl (C=O) groups is 2. The van der Waals surface area contributed by atoms with Crippen molar-refractivity contribution in [2.45, 2.75) is 26.4 Å². The van der Waals surface area contributed by atoms with E-state index in [0.29, 0.717) is 30.8 Å². The average Bonchev–Trinajstić information content (AvgIpc) is 3.02. The second-order valence-electron chi connectivity index (χ2n) is 6.99. The van der Waals surface area contributed by atoms with Crippen molar-refractivity contribution in [2.24, 2.45) is 7.05 Å². The molecule has 0 aliphatic heterocycles. The summed E-state index contributed by atoms with van der Waals surface area (Å²) in [5.41, 5.74) is 10.1. The number of fused-ring (bicyclic) bond motifs is 1. The number of nitrogens with one attached hydrogen (secondary N) is 1. The van der Waals surface area contributed by atoms with Crippen LogP contribution in [-0.4, -0.2) is 28.3 Å². The molecule has 3 aromatic rings. The van der Waals surface area contributed by atoms with Gasteiger partial charge in [-0.1, -0.05) is 25.1 Å². The topological polar surface area (TPSA) is 80.4 Å². The summed E-state index contributed by atoms with van der Waals surface area (Å²) in [6.07, 6.45) is 2.47. The summed E-state index contributed by atoms with van der Waals surface area (Å²) >= 11 is 0. The number of carbonyl (C=O) groups excluding carboxylic acids is 2. The first-order valence-electron chi connectivity index (χ1n) is 9.34. The third kappa shape index (κ3) is 4.01. The van der Waals surface area contributed by atoms with Crippen molar-refractivity contribution in [2.75, 3.05) is 12.8 Å². The highest BCUT2D eigenvalue weighted by Gasteiger charge is 2.16. The van der Waals surface area contributed by atoms with Gasteiger partial charge in [-0.25, -0.2) is 0 Å². The molecular weight excluding hydrogens is 352 g/mol. The molecule has 0 atom stereocenters. The van der Waals surface area contributed by atoms with E-state index in [-0.39, 0.29) is 11.8 Å². The molecule has 146 valence electrons. The van der Waals surface area contributed by atoms with Gasteiger partial charge in [-0.15, -0.1) is 0 Å². The molecule has 0 saturated heterocycles. The summed E-state index contributed by atoms with van der Waals surface area (Å²) in [4.78, 5) is 26.1. The fourth-order valence-corrected chi connectivity index (χ4v) is 3.31. The number of amides is 2. The van der Waals surface area contributed by atoms with E-state index in [9.17, 15) is 9.59 Å². The number of anilines is 1. The van der Waals surface area contributed by atoms with Crippen molar-refractivity contribution in [3.63, 3.8) is 0 Å². The molecule has 0 fully saturated rings. The van der Waals surface area contributed by atoms with E-state index in [1.807, 2.05) is 19.2 Å². The molecule has 3 N–H and O–H groups in total. The van der Waals surface area contributed by atoms with Crippen molar-refractivity contribution in [3.05, 3.63) is 65.4 Å². The minimum Gasteiger partial charge on any atom is -0.398 e. The zero-order valence-electron chi connectivity index (χ0n) is 16.5. The van der Waals surface area contributed by atoms with E-state index in [2.05, 4.69) is 28.2 Å². The molecule has 28 heavy (non-hydrogen) atoms. The monoisotopic (exact) mass is 378 g/mol. The number of nitrogens with zero attached hydrogens (tertiary/aromatic N) is 2. The standard InChI is InChI=1S/C22H26N4O2/c1-4-21(27)24-12-16-11-15(9-10-19(16)23)22(28)26(3)14-17-13-25(2)20-8-6-5-7-18(17)20/h5-11,13H,4,12,14,23H2,1-3H3,(H,24,27). The molecule has 0 saturated carbocycles. The van der Waals surface area contributed by atoms with Crippen LogP contribution < -0.4 is 11.1 Å². The minimum absolute atomic E-state index is 0.0517. The maximum Gasteiger partial charge on any atom is 0.253 e. The molecule has 1 aromatic heterocycles. The van der Waals surface area contributed by atoms with Gasteiger partial charge in [0.2, 0.25) is 5.91 Å². The van der Waals surface area contributed by atoms with Crippen LogP contribution in [0.5, 0.6) is 0 Å². The van der Waals surface area contributed by atoms with Crippen LogP contribution >= 0.6 is 0 Å². The number of para-hydroxylation sites is 1. The fourth-order valence-electron chi connectivity index (χ4n) is 3.31. The van der Waals surface area contributed by atoms with Crippen LogP contribution in [0.1, 0.15) is 34.8 Å². The number of hydrogen-bond donors (Lipinski definition) is 2. The van der Waals surface area contributed by atoms with Gasteiger partial charge in [0.05, 0.1) is 0 Å². The predicted molar refractivity (Wildman–Crippen MR) is 112 cm³/mol. The van der Waals surface area contributed by atoms with Crippen LogP contribution in [0.2, 0.25) is 0 Å². The third-order valence-corrected chi connectivity index (χ3v) is 4.92. The third-order valence-electron chi connectivity index (χ3n) is 4.92.